The van der Waals surface area contributed by atoms with Crippen molar-refractivity contribution in [2.45, 2.75) is 6.92 Å². The van der Waals surface area contributed by atoms with Crippen molar-refractivity contribution in [3.8, 4) is 0 Å². The Bertz CT molecular complexity index is 182. The number of hydrogen-bond donors (Lipinski definition) is 1. The third kappa shape index (κ3) is 0.598. The molecule has 42 valence electrons. The molecule has 4 nitrogen and oxygen atoms in total. The molecule has 0 atom stereocenters. The number of hydrogen-bond acceptors (Lipinski definition) is 2. The van der Waals surface area contributed by atoms with Crippen molar-refractivity contribution < 1.29 is 9.59 Å². The van der Waals surface area contributed by atoms with E-state index in [2.05, 4.69) is 4.99 Å². The molecule has 0 aromatic carbocycles. The highest BCUT2D eigenvalue weighted by Crippen LogP contribution is 1.88. The summed E-state index contributed by atoms with van der Waals surface area (Å²) in [5, 5.41) is 1.98. The van der Waals surface area contributed by atoms with Gasteiger partial charge in [-0.3, -0.25) is 10.1 Å². The van der Waals surface area contributed by atoms with E-state index in [1.807, 2.05) is 5.32 Å². The second-order valence-corrected chi connectivity index (χ2v) is 1.46. The third-order valence-electron chi connectivity index (χ3n) is 0.818. The van der Waals surface area contributed by atoms with Crippen LogP contribution < -0.4 is 5.32 Å². The van der Waals surface area contributed by atoms with Gasteiger partial charge in [0.1, 0.15) is 5.71 Å². The van der Waals surface area contributed by atoms with Gasteiger partial charge in [-0.25, -0.2) is 4.79 Å². The zero-order chi connectivity index (χ0) is 6.15. The minimum absolute atomic E-state index is 0.231. The molecule has 0 spiro atoms. The molecular weight excluding hydrogens is 108 g/mol. The molecule has 0 unspecified atom stereocenters. The summed E-state index contributed by atoms with van der Waals surface area (Å²) >= 11 is 0. The number of aliphatic imine (C=N–C) groups is 1. The number of nitrogens with zero attached hydrogens (tertiary/aromatic N) is 1. The van der Waals surface area contributed by atoms with Crippen LogP contribution in [0.1, 0.15) is 6.92 Å². The van der Waals surface area contributed by atoms with E-state index >= 15 is 0 Å². The summed E-state index contributed by atoms with van der Waals surface area (Å²) in [5.41, 5.74) is 0.231. The lowest BCUT2D eigenvalue weighted by Crippen LogP contribution is -2.23. The van der Waals surface area contributed by atoms with E-state index in [9.17, 15) is 9.59 Å². The molecule has 0 bridgehead atoms. The van der Waals surface area contributed by atoms with Crippen molar-refractivity contribution in [2.24, 2.45) is 4.99 Å². The van der Waals surface area contributed by atoms with Crippen molar-refractivity contribution in [2.75, 3.05) is 0 Å². The number of carbonyl (C=O) groups excluding carboxylic acids is 2. The largest absolute Gasteiger partial charge is 0.348 e. The van der Waals surface area contributed by atoms with Gasteiger partial charge in [-0.1, -0.05) is 0 Å². The molecule has 1 heterocycles. The van der Waals surface area contributed by atoms with Crippen molar-refractivity contribution in [1.29, 1.82) is 0 Å². The first-order valence-electron chi connectivity index (χ1n) is 2.11. The van der Waals surface area contributed by atoms with Crippen molar-refractivity contribution >= 4 is 17.6 Å². The maximum atomic E-state index is 10.3. The van der Waals surface area contributed by atoms with Gasteiger partial charge < -0.3 is 0 Å². The summed E-state index contributed by atoms with van der Waals surface area (Å²) in [7, 11) is 0. The molecule has 1 aliphatic rings. The first-order chi connectivity index (χ1) is 3.70. The van der Waals surface area contributed by atoms with Crippen LogP contribution in [0.2, 0.25) is 0 Å². The van der Waals surface area contributed by atoms with Gasteiger partial charge in [0.05, 0.1) is 0 Å². The Labute approximate surface area is 45.6 Å². The van der Waals surface area contributed by atoms with Gasteiger partial charge in [-0.05, 0) is 6.92 Å². The fourth-order valence-corrected chi connectivity index (χ4v) is 0.419. The maximum Gasteiger partial charge on any atom is 0.348 e. The van der Waals surface area contributed by atoms with E-state index in [0.717, 1.165) is 0 Å². The van der Waals surface area contributed by atoms with Crippen LogP contribution in [0.5, 0.6) is 0 Å². The second-order valence-electron chi connectivity index (χ2n) is 1.46. The molecule has 0 aromatic heterocycles. The number of nitrogens with one attached hydrogen (secondary N) is 1. The van der Waals surface area contributed by atoms with Gasteiger partial charge in [0.15, 0.2) is 0 Å². The van der Waals surface area contributed by atoms with Crippen LogP contribution in [0.25, 0.3) is 0 Å². The van der Waals surface area contributed by atoms with Crippen molar-refractivity contribution in [1.82, 2.24) is 5.32 Å². The average Bonchev–Trinajstić information content (AvgIpc) is 1.85. The van der Waals surface area contributed by atoms with E-state index in [-0.39, 0.29) is 5.71 Å². The Kier molecular flexibility index (Phi) is 0.865. The lowest BCUT2D eigenvalue weighted by atomic mass is 10.4. The fourth-order valence-electron chi connectivity index (χ4n) is 0.419. The molecule has 0 aromatic rings. The molecule has 1 rings (SSSR count). The Balaban J connectivity index is 2.88. The molecule has 1 aliphatic heterocycles. The lowest BCUT2D eigenvalue weighted by Gasteiger charge is -1.80. The normalized spacial score (nSPS) is 18.4. The van der Waals surface area contributed by atoms with E-state index < -0.39 is 11.9 Å². The van der Waals surface area contributed by atoms with E-state index in [4.69, 9.17) is 0 Å². The molecule has 0 aliphatic carbocycles. The first-order valence-corrected chi connectivity index (χ1v) is 2.11. The summed E-state index contributed by atoms with van der Waals surface area (Å²) < 4.78 is 0. The summed E-state index contributed by atoms with van der Waals surface area (Å²) in [6.07, 6.45) is 0. The molecule has 1 N–H and O–H groups in total. The quantitative estimate of drug-likeness (QED) is 0.467. The molecule has 0 saturated heterocycles. The average molecular weight is 112 g/mol. The Morgan fingerprint density at radius 1 is 1.50 bits per heavy atom. The molecule has 0 fully saturated rings. The number of amides is 3. The van der Waals surface area contributed by atoms with Gasteiger partial charge in [0.2, 0.25) is 0 Å². The number of imide groups is 1. The Hall–Kier alpha value is -1.19. The standard InChI is InChI=1S/C4H4N2O2/c1-2-3(7)6-4(8)5-2/h1H3,(H,6,7,8). The zero-order valence-electron chi connectivity index (χ0n) is 4.26. The smallest absolute Gasteiger partial charge is 0.271 e. The highest BCUT2D eigenvalue weighted by Gasteiger charge is 2.17. The molecule has 0 radical (unpaired) electrons. The molecule has 3 amide bonds. The number of urea groups is 1. The highest BCUT2D eigenvalue weighted by atomic mass is 16.2. The predicted octanol–water partition coefficient (Wildman–Crippen LogP) is -0.303. The van der Waals surface area contributed by atoms with E-state index in [1.165, 1.54) is 6.92 Å². The maximum absolute atomic E-state index is 10.3. The van der Waals surface area contributed by atoms with Gasteiger partial charge in [-0.2, -0.15) is 4.99 Å². The zero-order valence-corrected chi connectivity index (χ0v) is 4.26. The summed E-state index contributed by atoms with van der Waals surface area (Å²) in [6, 6.07) is -0.562. The van der Waals surface area contributed by atoms with Crippen molar-refractivity contribution in [3.05, 3.63) is 0 Å². The molecular formula is C4H4N2O2. The number of rotatable bonds is 0. The first kappa shape index (κ1) is 4.96. The second kappa shape index (κ2) is 1.40. The number of carbonyl (C=O) groups is 2. The van der Waals surface area contributed by atoms with Crippen molar-refractivity contribution in [3.63, 3.8) is 0 Å². The van der Waals surface area contributed by atoms with Crippen LogP contribution in [0.15, 0.2) is 4.99 Å². The van der Waals surface area contributed by atoms with E-state index in [0.29, 0.717) is 0 Å². The monoisotopic (exact) mass is 112 g/mol. The lowest BCUT2D eigenvalue weighted by molar-refractivity contribution is -0.113. The highest BCUT2D eigenvalue weighted by molar-refractivity contribution is 6.45. The van der Waals surface area contributed by atoms with Gasteiger partial charge >= 0.3 is 6.03 Å². The summed E-state index contributed by atoms with van der Waals surface area (Å²) in [5.74, 6) is -0.394. The SMILES string of the molecule is CC1=NC(=O)NC1=O. The van der Waals surface area contributed by atoms with Crippen LogP contribution in [-0.4, -0.2) is 17.6 Å². The van der Waals surface area contributed by atoms with Crippen LogP contribution in [0, 0.1) is 0 Å². The van der Waals surface area contributed by atoms with Crippen LogP contribution in [0.3, 0.4) is 0 Å². The molecule has 0 saturated carbocycles. The van der Waals surface area contributed by atoms with Gasteiger partial charge in [0.25, 0.3) is 5.91 Å². The summed E-state index contributed by atoms with van der Waals surface area (Å²) in [4.78, 5) is 23.8. The fraction of sp³-hybridized carbons (Fsp3) is 0.250. The third-order valence-corrected chi connectivity index (χ3v) is 0.818. The Morgan fingerprint density at radius 3 is 2.25 bits per heavy atom. The van der Waals surface area contributed by atoms with Crippen LogP contribution >= 0.6 is 0 Å². The summed E-state index contributed by atoms with van der Waals surface area (Å²) in [6.45, 7) is 1.49. The molecule has 4 heteroatoms. The Morgan fingerprint density at radius 2 is 2.12 bits per heavy atom. The van der Waals surface area contributed by atoms with Gasteiger partial charge in [0, 0.05) is 0 Å². The van der Waals surface area contributed by atoms with Crippen LogP contribution in [-0.2, 0) is 4.79 Å². The predicted molar refractivity (Wildman–Crippen MR) is 26.6 cm³/mol. The van der Waals surface area contributed by atoms with E-state index in [1.54, 1.807) is 0 Å². The molecule has 8 heavy (non-hydrogen) atoms. The van der Waals surface area contributed by atoms with Crippen LogP contribution in [0.4, 0.5) is 4.79 Å². The topological polar surface area (TPSA) is 58.5 Å². The van der Waals surface area contributed by atoms with Gasteiger partial charge in [-0.15, -0.1) is 0 Å². The minimum Gasteiger partial charge on any atom is -0.271 e. The minimum atomic E-state index is -0.562.